The van der Waals surface area contributed by atoms with E-state index in [0.717, 1.165) is 27.7 Å². The molecule has 0 saturated carbocycles. The van der Waals surface area contributed by atoms with Gasteiger partial charge in [0, 0.05) is 15.6 Å². The highest BCUT2D eigenvalue weighted by atomic mass is 79.9. The van der Waals surface area contributed by atoms with Crippen LogP contribution in [0, 0.1) is 0 Å². The Morgan fingerprint density at radius 1 is 1.19 bits per heavy atom. The van der Waals surface area contributed by atoms with E-state index in [-0.39, 0.29) is 0 Å². The predicted octanol–water partition coefficient (Wildman–Crippen LogP) is 4.12. The highest BCUT2D eigenvalue weighted by Crippen LogP contribution is 2.26. The Morgan fingerprint density at radius 3 is 2.50 bits per heavy atom. The molecule has 1 aromatic heterocycles. The number of hydrogen-bond acceptors (Lipinski definition) is 2. The molecule has 0 fully saturated rings. The Hall–Kier alpha value is -0.930. The molecule has 16 heavy (non-hydrogen) atoms. The van der Waals surface area contributed by atoms with Crippen LogP contribution >= 0.6 is 27.5 Å². The first-order valence-electron chi connectivity index (χ1n) is 4.97. The van der Waals surface area contributed by atoms with E-state index in [2.05, 4.69) is 25.9 Å². The van der Waals surface area contributed by atoms with E-state index in [0.29, 0.717) is 5.15 Å². The molecule has 0 spiro atoms. The maximum atomic E-state index is 6.05. The van der Waals surface area contributed by atoms with Crippen molar-refractivity contribution >= 4 is 27.5 Å². The fourth-order valence-electron chi connectivity index (χ4n) is 1.56. The van der Waals surface area contributed by atoms with Crippen LogP contribution in [-0.4, -0.2) is 9.97 Å². The molecule has 2 aromatic rings. The van der Waals surface area contributed by atoms with Crippen LogP contribution in [0.2, 0.25) is 5.15 Å². The summed E-state index contributed by atoms with van der Waals surface area (Å²) in [6.07, 6.45) is 2.32. The summed E-state index contributed by atoms with van der Waals surface area (Å²) in [5.74, 6) is 0. The third-order valence-electron chi connectivity index (χ3n) is 2.36. The van der Waals surface area contributed by atoms with E-state index in [9.17, 15) is 0 Å². The van der Waals surface area contributed by atoms with Gasteiger partial charge in [-0.05, 0) is 18.6 Å². The minimum Gasteiger partial charge on any atom is -0.236 e. The zero-order valence-corrected chi connectivity index (χ0v) is 11.1. The molecule has 0 amide bonds. The van der Waals surface area contributed by atoms with E-state index >= 15 is 0 Å². The topological polar surface area (TPSA) is 25.8 Å². The average molecular weight is 298 g/mol. The number of aromatic nitrogens is 2. The molecule has 2 nitrogen and oxygen atoms in total. The van der Waals surface area contributed by atoms with Crippen molar-refractivity contribution in [2.24, 2.45) is 0 Å². The van der Waals surface area contributed by atoms with Gasteiger partial charge in [0.2, 0.25) is 0 Å². The van der Waals surface area contributed by atoms with E-state index in [4.69, 9.17) is 11.6 Å². The van der Waals surface area contributed by atoms with Crippen LogP contribution in [0.5, 0.6) is 0 Å². The Morgan fingerprint density at radius 2 is 1.88 bits per heavy atom. The SMILES string of the molecule is CCc1c(Cl)ncnc1-c1ccc(Br)cc1. The Balaban J connectivity index is 2.55. The molecule has 1 aromatic carbocycles. The maximum Gasteiger partial charge on any atom is 0.136 e. The number of nitrogens with zero attached hydrogens (tertiary/aromatic N) is 2. The summed E-state index contributed by atoms with van der Waals surface area (Å²) in [6.45, 7) is 2.05. The third kappa shape index (κ3) is 2.25. The smallest absolute Gasteiger partial charge is 0.136 e. The summed E-state index contributed by atoms with van der Waals surface area (Å²) in [4.78, 5) is 8.30. The van der Waals surface area contributed by atoms with Gasteiger partial charge in [-0.1, -0.05) is 46.6 Å². The van der Waals surface area contributed by atoms with Gasteiger partial charge in [-0.25, -0.2) is 9.97 Å². The van der Waals surface area contributed by atoms with Crippen molar-refractivity contribution in [3.05, 3.63) is 45.8 Å². The van der Waals surface area contributed by atoms with Crippen LogP contribution < -0.4 is 0 Å². The maximum absolute atomic E-state index is 6.05. The molecule has 0 unspecified atom stereocenters. The van der Waals surface area contributed by atoms with Crippen molar-refractivity contribution in [2.45, 2.75) is 13.3 Å². The summed E-state index contributed by atoms with van der Waals surface area (Å²) in [5, 5.41) is 0.537. The molecule has 0 atom stereocenters. The van der Waals surface area contributed by atoms with Gasteiger partial charge < -0.3 is 0 Å². The zero-order valence-electron chi connectivity index (χ0n) is 8.74. The minimum atomic E-state index is 0.537. The first kappa shape index (κ1) is 11.6. The second kappa shape index (κ2) is 4.93. The molecular formula is C12H10BrClN2. The lowest BCUT2D eigenvalue weighted by Gasteiger charge is -2.07. The molecule has 0 radical (unpaired) electrons. The second-order valence-electron chi connectivity index (χ2n) is 3.35. The first-order valence-corrected chi connectivity index (χ1v) is 6.14. The fourth-order valence-corrected chi connectivity index (χ4v) is 2.09. The summed E-state index contributed by atoms with van der Waals surface area (Å²) in [5.41, 5.74) is 2.96. The van der Waals surface area contributed by atoms with Gasteiger partial charge in [0.15, 0.2) is 0 Å². The minimum absolute atomic E-state index is 0.537. The number of rotatable bonds is 2. The quantitative estimate of drug-likeness (QED) is 0.779. The molecule has 0 aliphatic rings. The normalized spacial score (nSPS) is 10.4. The van der Waals surface area contributed by atoms with Crippen LogP contribution in [0.25, 0.3) is 11.3 Å². The van der Waals surface area contributed by atoms with Gasteiger partial charge in [0.1, 0.15) is 11.5 Å². The molecule has 0 bridgehead atoms. The summed E-state index contributed by atoms with van der Waals surface area (Å²) in [7, 11) is 0. The van der Waals surface area contributed by atoms with E-state index in [1.165, 1.54) is 6.33 Å². The van der Waals surface area contributed by atoms with Gasteiger partial charge >= 0.3 is 0 Å². The molecule has 4 heteroatoms. The highest BCUT2D eigenvalue weighted by molar-refractivity contribution is 9.10. The monoisotopic (exact) mass is 296 g/mol. The first-order chi connectivity index (χ1) is 7.72. The zero-order chi connectivity index (χ0) is 11.5. The van der Waals surface area contributed by atoms with Crippen molar-refractivity contribution in [1.29, 1.82) is 0 Å². The Bertz CT molecular complexity index is 497. The van der Waals surface area contributed by atoms with Gasteiger partial charge in [0.05, 0.1) is 5.69 Å². The predicted molar refractivity (Wildman–Crippen MR) is 69.6 cm³/mol. The van der Waals surface area contributed by atoms with Gasteiger partial charge in [-0.2, -0.15) is 0 Å². The molecule has 0 saturated heterocycles. The van der Waals surface area contributed by atoms with Crippen molar-refractivity contribution in [2.75, 3.05) is 0 Å². The Labute approximate surface area is 108 Å². The number of hydrogen-bond donors (Lipinski definition) is 0. The molecule has 82 valence electrons. The van der Waals surface area contributed by atoms with Crippen molar-refractivity contribution in [3.8, 4) is 11.3 Å². The fraction of sp³-hybridized carbons (Fsp3) is 0.167. The molecule has 0 aliphatic heterocycles. The van der Waals surface area contributed by atoms with Gasteiger partial charge in [-0.15, -0.1) is 0 Å². The van der Waals surface area contributed by atoms with Gasteiger partial charge in [-0.3, -0.25) is 0 Å². The standard InChI is InChI=1S/C12H10BrClN2/c1-2-10-11(15-7-16-12(10)14)8-3-5-9(13)6-4-8/h3-7H,2H2,1H3. The molecule has 0 N–H and O–H groups in total. The van der Waals surface area contributed by atoms with Crippen LogP contribution in [-0.2, 0) is 6.42 Å². The molecular weight excluding hydrogens is 288 g/mol. The van der Waals surface area contributed by atoms with E-state index in [1.54, 1.807) is 0 Å². The van der Waals surface area contributed by atoms with Crippen LogP contribution in [0.15, 0.2) is 35.1 Å². The molecule has 0 aliphatic carbocycles. The highest BCUT2D eigenvalue weighted by Gasteiger charge is 2.09. The van der Waals surface area contributed by atoms with Gasteiger partial charge in [0.25, 0.3) is 0 Å². The molecule has 1 heterocycles. The summed E-state index contributed by atoms with van der Waals surface area (Å²) in [6, 6.07) is 8.01. The lowest BCUT2D eigenvalue weighted by Crippen LogP contribution is -1.95. The average Bonchev–Trinajstić information content (AvgIpc) is 2.30. The van der Waals surface area contributed by atoms with E-state index < -0.39 is 0 Å². The second-order valence-corrected chi connectivity index (χ2v) is 4.63. The summed E-state index contributed by atoms with van der Waals surface area (Å²) >= 11 is 9.46. The lowest BCUT2D eigenvalue weighted by molar-refractivity contribution is 1.05. The van der Waals surface area contributed by atoms with Crippen molar-refractivity contribution in [1.82, 2.24) is 9.97 Å². The summed E-state index contributed by atoms with van der Waals surface area (Å²) < 4.78 is 1.05. The van der Waals surface area contributed by atoms with Crippen LogP contribution in [0.1, 0.15) is 12.5 Å². The number of halogens is 2. The van der Waals surface area contributed by atoms with Crippen LogP contribution in [0.4, 0.5) is 0 Å². The van der Waals surface area contributed by atoms with Crippen molar-refractivity contribution < 1.29 is 0 Å². The lowest BCUT2D eigenvalue weighted by atomic mass is 10.1. The third-order valence-corrected chi connectivity index (χ3v) is 3.22. The Kier molecular flexibility index (Phi) is 3.56. The molecule has 2 rings (SSSR count). The number of benzene rings is 1. The van der Waals surface area contributed by atoms with Crippen molar-refractivity contribution in [3.63, 3.8) is 0 Å². The largest absolute Gasteiger partial charge is 0.236 e. The van der Waals surface area contributed by atoms with E-state index in [1.807, 2.05) is 31.2 Å². The van der Waals surface area contributed by atoms with Crippen LogP contribution in [0.3, 0.4) is 0 Å².